The SMILES string of the molecule is CCC(CO)(CO)COCCOCCOCC(COCCOCC(CC)(CO)CO)(COCCOC(=O)c1cccc2ccccc12)COCCOC(CC)(CO)CO. The zero-order valence-electron chi connectivity index (χ0n) is 35.5. The van der Waals surface area contributed by atoms with Crippen molar-refractivity contribution in [3.05, 3.63) is 48.0 Å². The molecular weight excluding hydrogens is 772 g/mol. The Kier molecular flexibility index (Phi) is 26.6. The summed E-state index contributed by atoms with van der Waals surface area (Å²) >= 11 is 0. The van der Waals surface area contributed by atoms with E-state index < -0.39 is 27.8 Å². The number of carbonyl (C=O) groups is 1. The van der Waals surface area contributed by atoms with E-state index in [4.69, 9.17) is 42.6 Å². The van der Waals surface area contributed by atoms with E-state index in [1.165, 1.54) is 0 Å². The van der Waals surface area contributed by atoms with Crippen molar-refractivity contribution in [2.45, 2.75) is 45.6 Å². The monoisotopic (exact) mass is 844 g/mol. The lowest BCUT2D eigenvalue weighted by Crippen LogP contribution is -2.43. The maximum atomic E-state index is 13.0. The highest BCUT2D eigenvalue weighted by molar-refractivity contribution is 6.04. The predicted molar refractivity (Wildman–Crippen MR) is 219 cm³/mol. The molecule has 6 N–H and O–H groups in total. The van der Waals surface area contributed by atoms with Crippen molar-refractivity contribution < 1.29 is 78.1 Å². The van der Waals surface area contributed by atoms with Crippen LogP contribution in [0.4, 0.5) is 0 Å². The van der Waals surface area contributed by atoms with Gasteiger partial charge in [-0.1, -0.05) is 57.2 Å². The van der Waals surface area contributed by atoms with Gasteiger partial charge in [-0.05, 0) is 36.1 Å². The highest BCUT2D eigenvalue weighted by atomic mass is 16.6. The number of rotatable bonds is 38. The van der Waals surface area contributed by atoms with Crippen LogP contribution in [0.25, 0.3) is 10.8 Å². The smallest absolute Gasteiger partial charge is 0.338 e. The molecule has 1 unspecified atom stereocenters. The third kappa shape index (κ3) is 18.2. The van der Waals surface area contributed by atoms with Crippen LogP contribution in [0.1, 0.15) is 50.4 Å². The first-order chi connectivity index (χ1) is 28.6. The van der Waals surface area contributed by atoms with E-state index in [0.29, 0.717) is 24.8 Å². The van der Waals surface area contributed by atoms with E-state index in [1.54, 1.807) is 6.07 Å². The molecule has 0 spiro atoms. The van der Waals surface area contributed by atoms with Crippen molar-refractivity contribution in [2.75, 3.05) is 145 Å². The van der Waals surface area contributed by atoms with E-state index in [-0.39, 0.29) is 145 Å². The number of aliphatic hydroxyl groups is 6. The Morgan fingerprint density at radius 2 is 0.864 bits per heavy atom. The molecule has 0 amide bonds. The van der Waals surface area contributed by atoms with Crippen molar-refractivity contribution in [1.82, 2.24) is 0 Å². The van der Waals surface area contributed by atoms with Gasteiger partial charge >= 0.3 is 5.97 Å². The van der Waals surface area contributed by atoms with Crippen LogP contribution < -0.4 is 0 Å². The van der Waals surface area contributed by atoms with Gasteiger partial charge in [-0.15, -0.1) is 0 Å². The Labute approximate surface area is 349 Å². The molecule has 0 saturated heterocycles. The fourth-order valence-corrected chi connectivity index (χ4v) is 5.83. The van der Waals surface area contributed by atoms with Crippen LogP contribution in [0.5, 0.6) is 0 Å². The number of hydrogen-bond acceptors (Lipinski definition) is 16. The summed E-state index contributed by atoms with van der Waals surface area (Å²) in [7, 11) is 0. The van der Waals surface area contributed by atoms with Gasteiger partial charge in [-0.25, -0.2) is 4.79 Å². The fourth-order valence-electron chi connectivity index (χ4n) is 5.83. The molecule has 0 aliphatic carbocycles. The molecule has 0 radical (unpaired) electrons. The Bertz CT molecular complexity index is 1340. The van der Waals surface area contributed by atoms with E-state index in [9.17, 15) is 35.4 Å². The Hall–Kier alpha value is -2.39. The molecule has 1 atom stereocenters. The molecule has 59 heavy (non-hydrogen) atoms. The molecule has 0 aromatic heterocycles. The van der Waals surface area contributed by atoms with E-state index >= 15 is 0 Å². The van der Waals surface area contributed by atoms with Crippen LogP contribution >= 0.6 is 0 Å². The number of ether oxygens (including phenoxy) is 9. The third-order valence-corrected chi connectivity index (χ3v) is 10.7. The van der Waals surface area contributed by atoms with Crippen LogP contribution in [0.2, 0.25) is 0 Å². The van der Waals surface area contributed by atoms with E-state index in [1.807, 2.05) is 57.2 Å². The van der Waals surface area contributed by atoms with Gasteiger partial charge < -0.3 is 73.3 Å². The van der Waals surface area contributed by atoms with Gasteiger partial charge in [0.2, 0.25) is 0 Å². The zero-order valence-corrected chi connectivity index (χ0v) is 35.5. The van der Waals surface area contributed by atoms with Gasteiger partial charge in [0, 0.05) is 10.8 Å². The van der Waals surface area contributed by atoms with Crippen molar-refractivity contribution in [2.24, 2.45) is 16.2 Å². The summed E-state index contributed by atoms with van der Waals surface area (Å²) < 4.78 is 52.8. The molecule has 0 saturated carbocycles. The first kappa shape index (κ1) is 52.7. The second-order valence-corrected chi connectivity index (χ2v) is 15.1. The molecule has 0 fully saturated rings. The summed E-state index contributed by atoms with van der Waals surface area (Å²) in [4.78, 5) is 13.0. The lowest BCUT2D eigenvalue weighted by atomic mass is 9.88. The van der Waals surface area contributed by atoms with Crippen LogP contribution in [0.15, 0.2) is 42.5 Å². The lowest BCUT2D eigenvalue weighted by molar-refractivity contribution is -0.142. The Balaban J connectivity index is 2.07. The molecule has 340 valence electrons. The van der Waals surface area contributed by atoms with Gasteiger partial charge in [0.15, 0.2) is 0 Å². The van der Waals surface area contributed by atoms with Crippen molar-refractivity contribution in [3.63, 3.8) is 0 Å². The van der Waals surface area contributed by atoms with Crippen molar-refractivity contribution in [3.8, 4) is 0 Å². The van der Waals surface area contributed by atoms with Crippen LogP contribution in [0.3, 0.4) is 0 Å². The number of hydrogen-bond donors (Lipinski definition) is 6. The van der Waals surface area contributed by atoms with Crippen LogP contribution in [0, 0.1) is 16.2 Å². The lowest BCUT2D eigenvalue weighted by Gasteiger charge is -2.33. The van der Waals surface area contributed by atoms with Gasteiger partial charge in [-0.3, -0.25) is 0 Å². The van der Waals surface area contributed by atoms with Crippen LogP contribution in [-0.4, -0.2) is 188 Å². The molecule has 0 aliphatic rings. The minimum Gasteiger partial charge on any atom is -0.460 e. The zero-order chi connectivity index (χ0) is 43.3. The minimum absolute atomic E-state index is 0.00933. The quantitative estimate of drug-likeness (QED) is 0.0421. The number of esters is 1. The molecule has 2 aromatic rings. The highest BCUT2D eigenvalue weighted by Crippen LogP contribution is 2.24. The van der Waals surface area contributed by atoms with E-state index in [0.717, 1.165) is 10.8 Å². The maximum Gasteiger partial charge on any atom is 0.338 e. The topological polar surface area (TPSA) is 222 Å². The highest BCUT2D eigenvalue weighted by Gasteiger charge is 2.34. The second kappa shape index (κ2) is 29.8. The van der Waals surface area contributed by atoms with E-state index in [2.05, 4.69) is 0 Å². The summed E-state index contributed by atoms with van der Waals surface area (Å²) in [6.07, 6.45) is 1.51. The number of carbonyl (C=O) groups excluding carboxylic acids is 1. The summed E-state index contributed by atoms with van der Waals surface area (Å²) in [6.45, 7) is 6.60. The molecule has 2 aromatic carbocycles. The first-order valence-electron chi connectivity index (χ1n) is 20.6. The second-order valence-electron chi connectivity index (χ2n) is 15.1. The van der Waals surface area contributed by atoms with Crippen LogP contribution in [-0.2, 0) is 42.6 Å². The summed E-state index contributed by atoms with van der Waals surface area (Å²) in [5.41, 5.74) is -2.93. The summed E-state index contributed by atoms with van der Waals surface area (Å²) in [5, 5.41) is 60.1. The molecule has 16 heteroatoms. The first-order valence-corrected chi connectivity index (χ1v) is 20.6. The molecular formula is C43H72O16. The summed E-state index contributed by atoms with van der Waals surface area (Å²) in [6, 6.07) is 13.0. The largest absolute Gasteiger partial charge is 0.460 e. The van der Waals surface area contributed by atoms with Crippen molar-refractivity contribution >= 4 is 16.7 Å². The van der Waals surface area contributed by atoms with Gasteiger partial charge in [0.25, 0.3) is 0 Å². The Morgan fingerprint density at radius 3 is 1.31 bits per heavy atom. The Morgan fingerprint density at radius 1 is 0.458 bits per heavy atom. The molecule has 16 nitrogen and oxygen atoms in total. The normalized spacial score (nSPS) is 13.6. The molecule has 0 heterocycles. The predicted octanol–water partition coefficient (Wildman–Crippen LogP) is 2.01. The molecule has 0 aliphatic heterocycles. The number of fused-ring (bicyclic) bond motifs is 1. The number of aliphatic hydroxyl groups excluding tert-OH is 6. The van der Waals surface area contributed by atoms with Gasteiger partial charge in [-0.2, -0.15) is 0 Å². The van der Waals surface area contributed by atoms with Gasteiger partial charge in [0.1, 0.15) is 12.2 Å². The standard InChI is InChI=1S/C43H72O16/c1-4-40(24-44,25-45)30-52-16-14-51-15-17-54-32-42(35-57-21-23-59-43(6-3,28-48)29-49,33-55-19-18-53-31-41(5-2,26-46)27-47)34-56-20-22-58-39(50)38-13-9-11-36-10-7-8-12-37(36)38/h7-13,44-49H,4-6,14-35H2,1-3H3. The molecule has 0 bridgehead atoms. The fraction of sp³-hybridized carbons (Fsp3) is 0.744. The van der Waals surface area contributed by atoms with Gasteiger partial charge in [0.05, 0.1) is 150 Å². The third-order valence-electron chi connectivity index (χ3n) is 10.7. The maximum absolute atomic E-state index is 13.0. The molecule has 2 rings (SSSR count). The average Bonchev–Trinajstić information content (AvgIpc) is 3.28. The number of benzene rings is 2. The minimum atomic E-state index is -1.08. The summed E-state index contributed by atoms with van der Waals surface area (Å²) in [5.74, 6) is -0.466. The van der Waals surface area contributed by atoms with Crippen molar-refractivity contribution in [1.29, 1.82) is 0 Å². The average molecular weight is 845 g/mol.